The highest BCUT2D eigenvalue weighted by molar-refractivity contribution is 9.10. The molecule has 0 atom stereocenters. The zero-order valence-corrected chi connectivity index (χ0v) is 11.3. The predicted octanol–water partition coefficient (Wildman–Crippen LogP) is 3.47. The molecule has 1 aliphatic carbocycles. The number of benzene rings is 1. The normalized spacial score (nSPS) is 16.2. The summed E-state index contributed by atoms with van der Waals surface area (Å²) in [7, 11) is 0. The Hall–Kier alpha value is -0.540. The van der Waals surface area contributed by atoms with Crippen molar-refractivity contribution in [2.45, 2.75) is 32.3 Å². The molecule has 1 saturated carbocycles. The summed E-state index contributed by atoms with van der Waals surface area (Å²) < 4.78 is 6.72. The second kappa shape index (κ2) is 4.38. The molecule has 0 radical (unpaired) electrons. The van der Waals surface area contributed by atoms with Gasteiger partial charge in [0.1, 0.15) is 5.75 Å². The molecule has 1 aromatic carbocycles. The van der Waals surface area contributed by atoms with E-state index in [1.807, 2.05) is 18.2 Å². The molecule has 1 aromatic rings. The highest BCUT2D eigenvalue weighted by Gasteiger charge is 2.25. The molecule has 1 fully saturated rings. The summed E-state index contributed by atoms with van der Waals surface area (Å²) in [6.45, 7) is 4.32. The molecule has 1 N–H and O–H groups in total. The number of ether oxygens (including phenoxy) is 1. The lowest BCUT2D eigenvalue weighted by Crippen LogP contribution is -2.17. The van der Waals surface area contributed by atoms with Crippen molar-refractivity contribution in [3.8, 4) is 5.75 Å². The van der Waals surface area contributed by atoms with Gasteiger partial charge in [0.05, 0.1) is 12.2 Å². The van der Waals surface area contributed by atoms with Crippen LogP contribution in [0.3, 0.4) is 0 Å². The average molecular weight is 285 g/mol. The fraction of sp³-hybridized carbons (Fsp3) is 0.538. The second-order valence-corrected chi connectivity index (χ2v) is 5.87. The molecular formula is C13H17BrO2. The first-order chi connectivity index (χ1) is 7.47. The first-order valence-corrected chi connectivity index (χ1v) is 6.41. The number of hydrogen-bond acceptors (Lipinski definition) is 2. The number of aliphatic hydroxyl groups is 1. The second-order valence-electron chi connectivity index (χ2n) is 4.95. The van der Waals surface area contributed by atoms with Crippen LogP contribution in [0.1, 0.15) is 32.3 Å². The van der Waals surface area contributed by atoms with E-state index in [0.29, 0.717) is 0 Å². The van der Waals surface area contributed by atoms with Crippen LogP contribution in [0.4, 0.5) is 0 Å². The van der Waals surface area contributed by atoms with E-state index in [2.05, 4.69) is 15.9 Å². The van der Waals surface area contributed by atoms with Gasteiger partial charge in [-0.3, -0.25) is 0 Å². The SMILES string of the molecule is CC(C)(O)c1cc(Br)ccc1OCC1CC1. The van der Waals surface area contributed by atoms with Crippen molar-refractivity contribution in [2.24, 2.45) is 5.92 Å². The largest absolute Gasteiger partial charge is 0.493 e. The van der Waals surface area contributed by atoms with E-state index in [1.165, 1.54) is 12.8 Å². The van der Waals surface area contributed by atoms with Crippen LogP contribution >= 0.6 is 15.9 Å². The lowest BCUT2D eigenvalue weighted by atomic mass is 9.97. The highest BCUT2D eigenvalue weighted by atomic mass is 79.9. The molecule has 0 saturated heterocycles. The minimum Gasteiger partial charge on any atom is -0.493 e. The van der Waals surface area contributed by atoms with E-state index in [0.717, 1.165) is 28.3 Å². The Morgan fingerprint density at radius 1 is 1.44 bits per heavy atom. The summed E-state index contributed by atoms with van der Waals surface area (Å²) in [6.07, 6.45) is 2.54. The molecule has 0 amide bonds. The van der Waals surface area contributed by atoms with Gasteiger partial charge in [0.2, 0.25) is 0 Å². The number of halogens is 1. The highest BCUT2D eigenvalue weighted by Crippen LogP contribution is 2.34. The third-order valence-corrected chi connectivity index (χ3v) is 3.27. The molecule has 0 unspecified atom stereocenters. The van der Waals surface area contributed by atoms with Gasteiger partial charge < -0.3 is 9.84 Å². The monoisotopic (exact) mass is 284 g/mol. The zero-order chi connectivity index (χ0) is 11.8. The van der Waals surface area contributed by atoms with Crippen molar-refractivity contribution in [1.82, 2.24) is 0 Å². The zero-order valence-electron chi connectivity index (χ0n) is 9.66. The Labute approximate surface area is 105 Å². The van der Waals surface area contributed by atoms with E-state index >= 15 is 0 Å². The minimum absolute atomic E-state index is 0.721. The predicted molar refractivity (Wildman–Crippen MR) is 67.6 cm³/mol. The van der Waals surface area contributed by atoms with Crippen molar-refractivity contribution < 1.29 is 9.84 Å². The maximum absolute atomic E-state index is 10.1. The summed E-state index contributed by atoms with van der Waals surface area (Å²) in [5.41, 5.74) is -0.0367. The Morgan fingerprint density at radius 3 is 2.69 bits per heavy atom. The van der Waals surface area contributed by atoms with Gasteiger partial charge in [-0.1, -0.05) is 15.9 Å². The van der Waals surface area contributed by atoms with Crippen molar-refractivity contribution in [2.75, 3.05) is 6.61 Å². The van der Waals surface area contributed by atoms with Gasteiger partial charge in [-0.15, -0.1) is 0 Å². The van der Waals surface area contributed by atoms with E-state index < -0.39 is 5.60 Å². The molecular weight excluding hydrogens is 268 g/mol. The third kappa shape index (κ3) is 2.98. The van der Waals surface area contributed by atoms with Gasteiger partial charge in [0.25, 0.3) is 0 Å². The van der Waals surface area contributed by atoms with E-state index in [9.17, 15) is 5.11 Å². The van der Waals surface area contributed by atoms with Crippen LogP contribution < -0.4 is 4.74 Å². The maximum Gasteiger partial charge on any atom is 0.125 e. The van der Waals surface area contributed by atoms with Gasteiger partial charge >= 0.3 is 0 Å². The molecule has 2 nitrogen and oxygen atoms in total. The summed E-state index contributed by atoms with van der Waals surface area (Å²) in [4.78, 5) is 0. The van der Waals surface area contributed by atoms with Crippen LogP contribution in [0.25, 0.3) is 0 Å². The van der Waals surface area contributed by atoms with Crippen LogP contribution in [-0.4, -0.2) is 11.7 Å². The van der Waals surface area contributed by atoms with Crippen LogP contribution in [-0.2, 0) is 5.60 Å². The van der Waals surface area contributed by atoms with Crippen LogP contribution in [0.2, 0.25) is 0 Å². The Bertz CT molecular complexity index is 378. The van der Waals surface area contributed by atoms with Gasteiger partial charge in [0, 0.05) is 10.0 Å². The van der Waals surface area contributed by atoms with E-state index in [4.69, 9.17) is 4.74 Å². The van der Waals surface area contributed by atoms with Gasteiger partial charge in [-0.25, -0.2) is 0 Å². The Balaban J connectivity index is 2.20. The summed E-state index contributed by atoms with van der Waals surface area (Å²) in [5.74, 6) is 1.51. The Morgan fingerprint density at radius 2 is 2.12 bits per heavy atom. The number of hydrogen-bond donors (Lipinski definition) is 1. The molecule has 0 aromatic heterocycles. The lowest BCUT2D eigenvalue weighted by Gasteiger charge is -2.22. The topological polar surface area (TPSA) is 29.5 Å². The third-order valence-electron chi connectivity index (χ3n) is 2.77. The smallest absolute Gasteiger partial charge is 0.125 e. The van der Waals surface area contributed by atoms with E-state index in [-0.39, 0.29) is 0 Å². The lowest BCUT2D eigenvalue weighted by molar-refractivity contribution is 0.0744. The number of rotatable bonds is 4. The van der Waals surface area contributed by atoms with Gasteiger partial charge in [0.15, 0.2) is 0 Å². The van der Waals surface area contributed by atoms with Crippen molar-refractivity contribution in [3.05, 3.63) is 28.2 Å². The summed E-state index contributed by atoms with van der Waals surface area (Å²) in [6, 6.07) is 5.78. The molecule has 0 heterocycles. The fourth-order valence-corrected chi connectivity index (χ4v) is 1.96. The molecule has 0 bridgehead atoms. The van der Waals surface area contributed by atoms with E-state index in [1.54, 1.807) is 13.8 Å². The molecule has 0 aliphatic heterocycles. The average Bonchev–Trinajstić information content (AvgIpc) is 2.98. The standard InChI is InChI=1S/C13H17BrO2/c1-13(2,15)11-7-10(14)5-6-12(11)16-8-9-3-4-9/h5-7,9,15H,3-4,8H2,1-2H3. The Kier molecular flexibility index (Phi) is 3.27. The molecule has 1 aliphatic rings. The van der Waals surface area contributed by atoms with Crippen LogP contribution in [0.5, 0.6) is 5.75 Å². The van der Waals surface area contributed by atoms with Crippen LogP contribution in [0, 0.1) is 5.92 Å². The first kappa shape index (κ1) is 11.9. The minimum atomic E-state index is -0.872. The summed E-state index contributed by atoms with van der Waals surface area (Å²) in [5, 5.41) is 10.1. The van der Waals surface area contributed by atoms with Crippen LogP contribution in [0.15, 0.2) is 22.7 Å². The van der Waals surface area contributed by atoms with Gasteiger partial charge in [-0.05, 0) is 50.8 Å². The summed E-state index contributed by atoms with van der Waals surface area (Å²) >= 11 is 3.41. The van der Waals surface area contributed by atoms with Crippen molar-refractivity contribution >= 4 is 15.9 Å². The fourth-order valence-electron chi connectivity index (χ4n) is 1.60. The molecule has 0 spiro atoms. The van der Waals surface area contributed by atoms with Crippen molar-refractivity contribution in [1.29, 1.82) is 0 Å². The molecule has 16 heavy (non-hydrogen) atoms. The molecule has 3 heteroatoms. The quantitative estimate of drug-likeness (QED) is 0.918. The molecule has 2 rings (SSSR count). The van der Waals surface area contributed by atoms with Gasteiger partial charge in [-0.2, -0.15) is 0 Å². The maximum atomic E-state index is 10.1. The van der Waals surface area contributed by atoms with Crippen molar-refractivity contribution in [3.63, 3.8) is 0 Å². The molecule has 88 valence electrons. The first-order valence-electron chi connectivity index (χ1n) is 5.62.